The van der Waals surface area contributed by atoms with Crippen molar-refractivity contribution in [2.24, 2.45) is 0 Å². The number of ether oxygens (including phenoxy) is 2. The third kappa shape index (κ3) is 3.70. The maximum atomic E-state index is 5.68. The van der Waals surface area contributed by atoms with Gasteiger partial charge in [0.1, 0.15) is 5.75 Å². The number of nitrogens with zero attached hydrogens (tertiary/aromatic N) is 1. The lowest BCUT2D eigenvalue weighted by molar-refractivity contribution is 0.0294. The Hall–Kier alpha value is -0.710. The first-order valence-electron chi connectivity index (χ1n) is 5.45. The average molecular weight is 238 g/mol. The van der Waals surface area contributed by atoms with Gasteiger partial charge in [-0.05, 0) is 18.2 Å². The quantitative estimate of drug-likeness (QED) is 0.634. The van der Waals surface area contributed by atoms with Crippen LogP contribution in [0.1, 0.15) is 0 Å². The smallest absolute Gasteiger partial charge is 0.154 e. The van der Waals surface area contributed by atoms with Crippen LogP contribution in [0.15, 0.2) is 24.3 Å². The van der Waals surface area contributed by atoms with Crippen LogP contribution >= 0.6 is 12.6 Å². The van der Waals surface area contributed by atoms with Gasteiger partial charge in [-0.3, -0.25) is 4.90 Å². The molecule has 1 aromatic rings. The summed E-state index contributed by atoms with van der Waals surface area (Å²) in [6, 6.07) is 10.4. The SMILES string of the molecule is SC(CN1CCOCC1)Oc1cc[c]cc1. The second-order valence-corrected chi connectivity index (χ2v) is 4.30. The minimum Gasteiger partial charge on any atom is -0.479 e. The van der Waals surface area contributed by atoms with E-state index < -0.39 is 0 Å². The lowest BCUT2D eigenvalue weighted by atomic mass is 10.3. The van der Waals surface area contributed by atoms with E-state index in [1.54, 1.807) is 0 Å². The van der Waals surface area contributed by atoms with Crippen molar-refractivity contribution in [3.8, 4) is 5.75 Å². The molecule has 3 nitrogen and oxygen atoms in total. The molecule has 0 aromatic heterocycles. The topological polar surface area (TPSA) is 21.7 Å². The van der Waals surface area contributed by atoms with Crippen LogP contribution in [0.3, 0.4) is 0 Å². The molecule has 1 heterocycles. The van der Waals surface area contributed by atoms with Gasteiger partial charge in [-0.1, -0.05) is 12.1 Å². The van der Waals surface area contributed by atoms with E-state index >= 15 is 0 Å². The van der Waals surface area contributed by atoms with Crippen molar-refractivity contribution in [2.75, 3.05) is 32.8 Å². The summed E-state index contributed by atoms with van der Waals surface area (Å²) in [4.78, 5) is 2.30. The van der Waals surface area contributed by atoms with Crippen LogP contribution in [0.5, 0.6) is 5.75 Å². The average Bonchev–Trinajstić information content (AvgIpc) is 2.31. The number of thiol groups is 1. The van der Waals surface area contributed by atoms with Crippen LogP contribution in [-0.2, 0) is 4.74 Å². The van der Waals surface area contributed by atoms with Gasteiger partial charge >= 0.3 is 0 Å². The third-order valence-corrected chi connectivity index (χ3v) is 2.75. The Morgan fingerprint density at radius 3 is 2.75 bits per heavy atom. The zero-order valence-electron chi connectivity index (χ0n) is 9.13. The molecule has 2 rings (SSSR count). The summed E-state index contributed by atoms with van der Waals surface area (Å²) in [5.41, 5.74) is -0.0968. The first-order chi connectivity index (χ1) is 7.84. The van der Waals surface area contributed by atoms with Crippen molar-refractivity contribution in [3.63, 3.8) is 0 Å². The van der Waals surface area contributed by atoms with Crippen LogP contribution in [-0.4, -0.2) is 43.2 Å². The van der Waals surface area contributed by atoms with E-state index in [9.17, 15) is 0 Å². The van der Waals surface area contributed by atoms with Gasteiger partial charge in [-0.25, -0.2) is 0 Å². The largest absolute Gasteiger partial charge is 0.479 e. The molecular weight excluding hydrogens is 222 g/mol. The van der Waals surface area contributed by atoms with E-state index in [1.165, 1.54) is 0 Å². The molecule has 0 N–H and O–H groups in total. The summed E-state index contributed by atoms with van der Waals surface area (Å²) >= 11 is 4.44. The number of hydrogen-bond donors (Lipinski definition) is 1. The Morgan fingerprint density at radius 2 is 2.06 bits per heavy atom. The van der Waals surface area contributed by atoms with Crippen LogP contribution in [0.2, 0.25) is 0 Å². The molecule has 1 fully saturated rings. The fraction of sp³-hybridized carbons (Fsp3) is 0.500. The molecular formula is C12H16NO2S. The Balaban J connectivity index is 1.77. The Bertz CT molecular complexity index is 301. The molecule has 4 heteroatoms. The third-order valence-electron chi connectivity index (χ3n) is 2.48. The minimum absolute atomic E-state index is 0.0968. The standard InChI is InChI=1S/C12H16NO2S/c16-12(10-13-6-8-14-9-7-13)15-11-4-2-1-3-5-11/h2-5,12,16H,6-10H2. The maximum Gasteiger partial charge on any atom is 0.154 e. The minimum atomic E-state index is -0.0968. The van der Waals surface area contributed by atoms with Gasteiger partial charge < -0.3 is 9.47 Å². The highest BCUT2D eigenvalue weighted by Crippen LogP contribution is 2.13. The zero-order valence-corrected chi connectivity index (χ0v) is 10.0. The predicted octanol–water partition coefficient (Wildman–Crippen LogP) is 1.45. The van der Waals surface area contributed by atoms with Crippen molar-refractivity contribution in [2.45, 2.75) is 5.44 Å². The van der Waals surface area contributed by atoms with Gasteiger partial charge in [0.05, 0.1) is 13.2 Å². The molecule has 0 aliphatic carbocycles. The molecule has 87 valence electrons. The Kier molecular flexibility index (Phi) is 4.51. The fourth-order valence-corrected chi connectivity index (χ4v) is 2.00. The van der Waals surface area contributed by atoms with E-state index in [0.717, 1.165) is 38.6 Å². The first-order valence-corrected chi connectivity index (χ1v) is 5.97. The van der Waals surface area contributed by atoms with Gasteiger partial charge in [-0.15, -0.1) is 12.6 Å². The molecule has 1 aromatic carbocycles. The number of morpholine rings is 1. The van der Waals surface area contributed by atoms with Gasteiger partial charge in [-0.2, -0.15) is 0 Å². The molecule has 0 bridgehead atoms. The molecule has 1 aliphatic rings. The molecule has 16 heavy (non-hydrogen) atoms. The van der Waals surface area contributed by atoms with Gasteiger partial charge in [0.2, 0.25) is 0 Å². The van der Waals surface area contributed by atoms with Crippen molar-refractivity contribution < 1.29 is 9.47 Å². The normalized spacial score (nSPS) is 19.3. The molecule has 0 amide bonds. The highest BCUT2D eigenvalue weighted by molar-refractivity contribution is 7.80. The molecule has 1 aliphatic heterocycles. The number of hydrogen-bond acceptors (Lipinski definition) is 4. The summed E-state index contributed by atoms with van der Waals surface area (Å²) in [5.74, 6) is 0.840. The van der Waals surface area contributed by atoms with Crippen molar-refractivity contribution >= 4 is 12.6 Å². The predicted molar refractivity (Wildman–Crippen MR) is 65.9 cm³/mol. The molecule has 1 unspecified atom stereocenters. The van der Waals surface area contributed by atoms with Gasteiger partial charge in [0.15, 0.2) is 5.44 Å². The summed E-state index contributed by atoms with van der Waals surface area (Å²) in [7, 11) is 0. The van der Waals surface area contributed by atoms with Crippen LogP contribution in [0, 0.1) is 6.07 Å². The fourth-order valence-electron chi connectivity index (χ4n) is 1.65. The van der Waals surface area contributed by atoms with Gasteiger partial charge in [0.25, 0.3) is 0 Å². The van der Waals surface area contributed by atoms with Crippen molar-refractivity contribution in [1.29, 1.82) is 0 Å². The van der Waals surface area contributed by atoms with Gasteiger partial charge in [0, 0.05) is 19.6 Å². The summed E-state index contributed by atoms with van der Waals surface area (Å²) < 4.78 is 11.0. The lowest BCUT2D eigenvalue weighted by Gasteiger charge is -2.28. The number of benzene rings is 1. The molecule has 1 radical (unpaired) electrons. The maximum absolute atomic E-state index is 5.68. The Labute approximate surface area is 102 Å². The second kappa shape index (κ2) is 6.13. The number of rotatable bonds is 4. The van der Waals surface area contributed by atoms with Crippen molar-refractivity contribution in [3.05, 3.63) is 30.3 Å². The highest BCUT2D eigenvalue weighted by atomic mass is 32.1. The van der Waals surface area contributed by atoms with Crippen LogP contribution in [0.25, 0.3) is 0 Å². The molecule has 1 saturated heterocycles. The first kappa shape index (κ1) is 11.8. The van der Waals surface area contributed by atoms with E-state index in [4.69, 9.17) is 9.47 Å². The van der Waals surface area contributed by atoms with E-state index in [0.29, 0.717) is 0 Å². The van der Waals surface area contributed by atoms with E-state index in [1.807, 2.05) is 24.3 Å². The van der Waals surface area contributed by atoms with E-state index in [2.05, 4.69) is 23.6 Å². The van der Waals surface area contributed by atoms with E-state index in [-0.39, 0.29) is 5.44 Å². The molecule has 0 saturated carbocycles. The monoisotopic (exact) mass is 238 g/mol. The zero-order chi connectivity index (χ0) is 11.2. The summed E-state index contributed by atoms with van der Waals surface area (Å²) in [6.07, 6.45) is 0. The summed E-state index contributed by atoms with van der Waals surface area (Å²) in [6.45, 7) is 4.36. The Morgan fingerprint density at radius 1 is 1.38 bits per heavy atom. The summed E-state index contributed by atoms with van der Waals surface area (Å²) in [5, 5.41) is 0. The van der Waals surface area contributed by atoms with Crippen LogP contribution < -0.4 is 4.74 Å². The second-order valence-electron chi connectivity index (χ2n) is 3.72. The van der Waals surface area contributed by atoms with Crippen LogP contribution in [0.4, 0.5) is 0 Å². The molecule has 0 spiro atoms. The van der Waals surface area contributed by atoms with Crippen molar-refractivity contribution in [1.82, 2.24) is 4.90 Å². The highest BCUT2D eigenvalue weighted by Gasteiger charge is 2.14. The lowest BCUT2D eigenvalue weighted by Crippen LogP contribution is -2.41. The molecule has 1 atom stereocenters.